The first-order valence-electron chi connectivity index (χ1n) is 8.81. The Hall–Kier alpha value is -2.92. The third-order valence-corrected chi connectivity index (χ3v) is 5.34. The number of rotatable bonds is 6. The molecule has 0 aliphatic rings. The van der Waals surface area contributed by atoms with Crippen LogP contribution in [0, 0.1) is 0 Å². The molecule has 2 amide bonds. The lowest BCUT2D eigenvalue weighted by Gasteiger charge is -2.20. The molecule has 138 valence electrons. The highest BCUT2D eigenvalue weighted by molar-refractivity contribution is 7.12. The van der Waals surface area contributed by atoms with Crippen LogP contribution >= 0.6 is 11.3 Å². The number of para-hydroxylation sites is 1. The van der Waals surface area contributed by atoms with Crippen LogP contribution in [-0.4, -0.2) is 25.4 Å². The molecule has 0 aliphatic heterocycles. The van der Waals surface area contributed by atoms with E-state index in [-0.39, 0.29) is 17.7 Å². The van der Waals surface area contributed by atoms with Crippen molar-refractivity contribution < 1.29 is 9.59 Å². The molecule has 0 fully saturated rings. The standard InChI is InChI=1S/C22H22N2O2S/c1-16(17-9-4-3-5-10-17)15-23-21(25)18-11-6-7-12-19(18)24(2)22(26)20-13-8-14-27-20/h3-14,16H,15H2,1-2H3,(H,23,25). The maximum absolute atomic E-state index is 12.8. The Morgan fingerprint density at radius 3 is 2.41 bits per heavy atom. The fraction of sp³-hybridized carbons (Fsp3) is 0.182. The summed E-state index contributed by atoms with van der Waals surface area (Å²) in [6.45, 7) is 2.60. The van der Waals surface area contributed by atoms with Crippen molar-refractivity contribution in [2.75, 3.05) is 18.5 Å². The third-order valence-electron chi connectivity index (χ3n) is 4.48. The molecule has 1 atom stereocenters. The van der Waals surface area contributed by atoms with Crippen molar-refractivity contribution in [3.05, 3.63) is 88.1 Å². The minimum absolute atomic E-state index is 0.122. The summed E-state index contributed by atoms with van der Waals surface area (Å²) >= 11 is 1.39. The van der Waals surface area contributed by atoms with Crippen molar-refractivity contribution >= 4 is 28.8 Å². The lowest BCUT2D eigenvalue weighted by Crippen LogP contribution is -2.31. The van der Waals surface area contributed by atoms with E-state index in [1.807, 2.05) is 41.8 Å². The zero-order chi connectivity index (χ0) is 19.2. The van der Waals surface area contributed by atoms with E-state index in [2.05, 4.69) is 24.4 Å². The molecule has 0 saturated heterocycles. The summed E-state index contributed by atoms with van der Waals surface area (Å²) in [4.78, 5) is 27.6. The topological polar surface area (TPSA) is 49.4 Å². The van der Waals surface area contributed by atoms with Gasteiger partial charge < -0.3 is 10.2 Å². The maximum atomic E-state index is 12.8. The van der Waals surface area contributed by atoms with E-state index in [1.165, 1.54) is 21.8 Å². The summed E-state index contributed by atoms with van der Waals surface area (Å²) < 4.78 is 0. The Balaban J connectivity index is 1.73. The van der Waals surface area contributed by atoms with Crippen molar-refractivity contribution in [2.45, 2.75) is 12.8 Å². The average Bonchev–Trinajstić information content (AvgIpc) is 3.26. The van der Waals surface area contributed by atoms with Gasteiger partial charge in [0.25, 0.3) is 11.8 Å². The normalized spacial score (nSPS) is 11.6. The van der Waals surface area contributed by atoms with E-state index < -0.39 is 0 Å². The van der Waals surface area contributed by atoms with Crippen LogP contribution in [0.15, 0.2) is 72.1 Å². The largest absolute Gasteiger partial charge is 0.351 e. The molecule has 2 aromatic carbocycles. The molecule has 1 heterocycles. The average molecular weight is 378 g/mol. The smallest absolute Gasteiger partial charge is 0.268 e. The summed E-state index contributed by atoms with van der Waals surface area (Å²) in [6.07, 6.45) is 0. The molecule has 4 nitrogen and oxygen atoms in total. The predicted octanol–water partition coefficient (Wildman–Crippen LogP) is 4.56. The summed E-state index contributed by atoms with van der Waals surface area (Å²) in [5.41, 5.74) is 2.27. The Labute approximate surface area is 163 Å². The molecule has 3 aromatic rings. The zero-order valence-electron chi connectivity index (χ0n) is 15.4. The van der Waals surface area contributed by atoms with Gasteiger partial charge in [-0.3, -0.25) is 9.59 Å². The van der Waals surface area contributed by atoms with Gasteiger partial charge >= 0.3 is 0 Å². The molecule has 1 unspecified atom stereocenters. The molecule has 0 saturated carbocycles. The van der Waals surface area contributed by atoms with Gasteiger partial charge in [-0.15, -0.1) is 11.3 Å². The molecule has 0 radical (unpaired) electrons. The number of hydrogen-bond acceptors (Lipinski definition) is 3. The number of benzene rings is 2. The van der Waals surface area contributed by atoms with E-state index >= 15 is 0 Å². The van der Waals surface area contributed by atoms with Crippen molar-refractivity contribution in [2.24, 2.45) is 0 Å². The lowest BCUT2D eigenvalue weighted by molar-refractivity contribution is 0.0952. The minimum Gasteiger partial charge on any atom is -0.351 e. The van der Waals surface area contributed by atoms with Crippen LogP contribution in [0.2, 0.25) is 0 Å². The van der Waals surface area contributed by atoms with Gasteiger partial charge in [0.2, 0.25) is 0 Å². The Bertz CT molecular complexity index is 907. The van der Waals surface area contributed by atoms with Gasteiger partial charge in [0.05, 0.1) is 16.1 Å². The van der Waals surface area contributed by atoms with Crippen LogP contribution in [0.4, 0.5) is 5.69 Å². The lowest BCUT2D eigenvalue weighted by atomic mass is 10.0. The van der Waals surface area contributed by atoms with Gasteiger partial charge in [0.15, 0.2) is 0 Å². The third kappa shape index (κ3) is 4.44. The Morgan fingerprint density at radius 1 is 1.00 bits per heavy atom. The zero-order valence-corrected chi connectivity index (χ0v) is 16.2. The second-order valence-electron chi connectivity index (χ2n) is 6.38. The fourth-order valence-corrected chi connectivity index (χ4v) is 3.57. The Kier molecular flexibility index (Phi) is 6.04. The first-order valence-corrected chi connectivity index (χ1v) is 9.69. The Morgan fingerprint density at radius 2 is 1.70 bits per heavy atom. The molecular weight excluding hydrogens is 356 g/mol. The first-order chi connectivity index (χ1) is 13.1. The fourth-order valence-electron chi connectivity index (χ4n) is 2.87. The molecule has 0 spiro atoms. The van der Waals surface area contributed by atoms with Crippen LogP contribution in [0.5, 0.6) is 0 Å². The number of anilines is 1. The monoisotopic (exact) mass is 378 g/mol. The maximum Gasteiger partial charge on any atom is 0.268 e. The quantitative estimate of drug-likeness (QED) is 0.684. The molecule has 27 heavy (non-hydrogen) atoms. The van der Waals surface area contributed by atoms with Crippen molar-refractivity contribution in [3.8, 4) is 0 Å². The predicted molar refractivity (Wildman–Crippen MR) is 111 cm³/mol. The number of amides is 2. The first kappa shape index (κ1) is 18.9. The van der Waals surface area contributed by atoms with Crippen LogP contribution in [0.3, 0.4) is 0 Å². The van der Waals surface area contributed by atoms with Crippen molar-refractivity contribution in [1.82, 2.24) is 5.32 Å². The number of carbonyl (C=O) groups excluding carboxylic acids is 2. The number of nitrogens with zero attached hydrogens (tertiary/aromatic N) is 1. The van der Waals surface area contributed by atoms with E-state index in [4.69, 9.17) is 0 Å². The van der Waals surface area contributed by atoms with Crippen molar-refractivity contribution in [1.29, 1.82) is 0 Å². The molecular formula is C22H22N2O2S. The summed E-state index contributed by atoms with van der Waals surface area (Å²) in [5, 5.41) is 4.86. The number of carbonyl (C=O) groups is 2. The second-order valence-corrected chi connectivity index (χ2v) is 7.33. The molecule has 5 heteroatoms. The summed E-state index contributed by atoms with van der Waals surface area (Å²) in [6, 6.07) is 20.9. The van der Waals surface area contributed by atoms with Crippen LogP contribution in [0.1, 0.15) is 38.4 Å². The highest BCUT2D eigenvalue weighted by Gasteiger charge is 2.20. The van der Waals surface area contributed by atoms with Crippen LogP contribution in [-0.2, 0) is 0 Å². The van der Waals surface area contributed by atoms with E-state index in [0.29, 0.717) is 22.7 Å². The summed E-state index contributed by atoms with van der Waals surface area (Å²) in [7, 11) is 1.70. The highest BCUT2D eigenvalue weighted by atomic mass is 32.1. The van der Waals surface area contributed by atoms with Crippen molar-refractivity contribution in [3.63, 3.8) is 0 Å². The van der Waals surface area contributed by atoms with E-state index in [0.717, 1.165) is 0 Å². The number of hydrogen-bond donors (Lipinski definition) is 1. The van der Waals surface area contributed by atoms with Gasteiger partial charge in [-0.05, 0) is 35.1 Å². The SMILES string of the molecule is CC(CNC(=O)c1ccccc1N(C)C(=O)c1cccs1)c1ccccc1. The number of nitrogens with one attached hydrogen (secondary N) is 1. The minimum atomic E-state index is -0.181. The van der Waals surface area contributed by atoms with Gasteiger partial charge in [-0.1, -0.05) is 55.5 Å². The summed E-state index contributed by atoms with van der Waals surface area (Å²) in [5.74, 6) is -0.102. The molecule has 0 bridgehead atoms. The molecule has 3 rings (SSSR count). The van der Waals surface area contributed by atoms with Crippen LogP contribution < -0.4 is 10.2 Å². The van der Waals surface area contributed by atoms with Gasteiger partial charge in [0.1, 0.15) is 0 Å². The highest BCUT2D eigenvalue weighted by Crippen LogP contribution is 2.23. The molecule has 0 aliphatic carbocycles. The second kappa shape index (κ2) is 8.64. The van der Waals surface area contributed by atoms with Gasteiger partial charge in [0, 0.05) is 13.6 Å². The van der Waals surface area contributed by atoms with Crippen LogP contribution in [0.25, 0.3) is 0 Å². The molecule has 1 aromatic heterocycles. The van der Waals surface area contributed by atoms with Gasteiger partial charge in [-0.2, -0.15) is 0 Å². The van der Waals surface area contributed by atoms with E-state index in [9.17, 15) is 9.59 Å². The number of thiophene rings is 1. The van der Waals surface area contributed by atoms with E-state index in [1.54, 1.807) is 25.2 Å². The molecule has 1 N–H and O–H groups in total. The van der Waals surface area contributed by atoms with Gasteiger partial charge in [-0.25, -0.2) is 0 Å².